The van der Waals surface area contributed by atoms with E-state index in [1.54, 1.807) is 29.5 Å². The Morgan fingerprint density at radius 1 is 1.26 bits per heavy atom. The van der Waals surface area contributed by atoms with Crippen LogP contribution in [0.2, 0.25) is 0 Å². The molecule has 19 heavy (non-hydrogen) atoms. The second-order valence-corrected chi connectivity index (χ2v) is 8.72. The van der Waals surface area contributed by atoms with Crippen LogP contribution in [-0.4, -0.2) is 21.7 Å². The van der Waals surface area contributed by atoms with Gasteiger partial charge >= 0.3 is 0 Å². The van der Waals surface area contributed by atoms with Crippen molar-refractivity contribution in [3.8, 4) is 0 Å². The fourth-order valence-corrected chi connectivity index (χ4v) is 4.12. The van der Waals surface area contributed by atoms with Gasteiger partial charge in [-0.15, -0.1) is 11.3 Å². The van der Waals surface area contributed by atoms with Crippen molar-refractivity contribution in [3.05, 3.63) is 50.6 Å². The molecule has 1 atom stereocenters. The average molecular weight is 360 g/mol. The van der Waals surface area contributed by atoms with Crippen molar-refractivity contribution >= 4 is 37.1 Å². The maximum Gasteiger partial charge on any atom is 0.175 e. The molecular weight excluding hydrogens is 346 g/mol. The van der Waals surface area contributed by atoms with Gasteiger partial charge in [0.2, 0.25) is 0 Å². The Kier molecular flexibility index (Phi) is 4.45. The molecule has 2 aromatic rings. The lowest BCUT2D eigenvalue weighted by Crippen LogP contribution is -2.16. The summed E-state index contributed by atoms with van der Waals surface area (Å²) in [7, 11) is -1.31. The van der Waals surface area contributed by atoms with Gasteiger partial charge in [-0.2, -0.15) is 0 Å². The Morgan fingerprint density at radius 3 is 2.53 bits per heavy atom. The van der Waals surface area contributed by atoms with Gasteiger partial charge in [0.1, 0.15) is 0 Å². The Balaban J connectivity index is 2.45. The molecule has 0 amide bonds. The minimum absolute atomic E-state index is 0.00185. The molecule has 0 aliphatic carbocycles. The predicted molar refractivity (Wildman–Crippen MR) is 82.5 cm³/mol. The molecule has 0 radical (unpaired) electrons. The van der Waals surface area contributed by atoms with E-state index in [0.717, 1.165) is 14.2 Å². The van der Waals surface area contributed by atoms with Gasteiger partial charge in [-0.05, 0) is 52.8 Å². The molecule has 0 aliphatic rings. The average Bonchev–Trinajstić information content (AvgIpc) is 2.76. The standard InChI is InChI=1S/C13H14BrNO2S2/c1-15-13(11-6-7-12(14)18-11)9-4-3-5-10(8-9)19(2,16)17/h3-8,13,15H,1-2H3. The van der Waals surface area contributed by atoms with Gasteiger partial charge in [-0.25, -0.2) is 8.42 Å². The Morgan fingerprint density at radius 2 is 2.00 bits per heavy atom. The third-order valence-corrected chi connectivity index (χ3v) is 5.59. The predicted octanol–water partition coefficient (Wildman–Crippen LogP) is 3.22. The van der Waals surface area contributed by atoms with Crippen LogP contribution in [0.4, 0.5) is 0 Å². The van der Waals surface area contributed by atoms with Gasteiger partial charge in [-0.1, -0.05) is 12.1 Å². The fraction of sp³-hybridized carbons (Fsp3) is 0.231. The number of halogens is 1. The normalized spacial score (nSPS) is 13.4. The molecule has 2 rings (SSSR count). The van der Waals surface area contributed by atoms with E-state index in [4.69, 9.17) is 0 Å². The second-order valence-electron chi connectivity index (χ2n) is 4.21. The first-order valence-corrected chi connectivity index (χ1v) is 9.14. The summed E-state index contributed by atoms with van der Waals surface area (Å²) in [4.78, 5) is 1.49. The van der Waals surface area contributed by atoms with Gasteiger partial charge < -0.3 is 5.32 Å². The van der Waals surface area contributed by atoms with E-state index in [2.05, 4.69) is 21.2 Å². The van der Waals surface area contributed by atoms with Crippen molar-refractivity contribution in [3.63, 3.8) is 0 Å². The summed E-state index contributed by atoms with van der Waals surface area (Å²) in [5.41, 5.74) is 0.944. The molecule has 0 bridgehead atoms. The lowest BCUT2D eigenvalue weighted by molar-refractivity contribution is 0.601. The molecular formula is C13H14BrNO2S2. The number of sulfone groups is 1. The van der Waals surface area contributed by atoms with Crippen molar-refractivity contribution < 1.29 is 8.42 Å². The minimum atomic E-state index is -3.18. The van der Waals surface area contributed by atoms with E-state index in [-0.39, 0.29) is 6.04 Å². The Bertz CT molecular complexity index is 679. The zero-order valence-corrected chi connectivity index (χ0v) is 13.8. The summed E-state index contributed by atoms with van der Waals surface area (Å²) < 4.78 is 24.3. The SMILES string of the molecule is CNC(c1cccc(S(C)(=O)=O)c1)c1ccc(Br)s1. The number of rotatable bonds is 4. The van der Waals surface area contributed by atoms with Crippen molar-refractivity contribution in [2.75, 3.05) is 13.3 Å². The summed E-state index contributed by atoms with van der Waals surface area (Å²) in [6.45, 7) is 0. The number of thiophene rings is 1. The highest BCUT2D eigenvalue weighted by molar-refractivity contribution is 9.11. The molecule has 6 heteroatoms. The summed E-state index contributed by atoms with van der Waals surface area (Å²) in [6.07, 6.45) is 1.22. The van der Waals surface area contributed by atoms with Gasteiger partial charge in [0, 0.05) is 11.1 Å². The summed E-state index contributed by atoms with van der Waals surface area (Å²) in [5.74, 6) is 0. The first-order chi connectivity index (χ1) is 8.91. The number of nitrogens with one attached hydrogen (secondary N) is 1. The minimum Gasteiger partial charge on any atom is -0.309 e. The van der Waals surface area contributed by atoms with Crippen LogP contribution < -0.4 is 5.32 Å². The Hall–Kier alpha value is -0.690. The molecule has 0 saturated carbocycles. The van der Waals surface area contributed by atoms with E-state index in [0.29, 0.717) is 4.90 Å². The van der Waals surface area contributed by atoms with Crippen LogP contribution in [0.25, 0.3) is 0 Å². The summed E-state index contributed by atoms with van der Waals surface area (Å²) in [5, 5.41) is 3.22. The van der Waals surface area contributed by atoms with Crippen LogP contribution in [0.5, 0.6) is 0 Å². The van der Waals surface area contributed by atoms with Crippen LogP contribution in [0.15, 0.2) is 45.1 Å². The molecule has 1 aromatic heterocycles. The Labute approximate surface area is 125 Å². The third-order valence-electron chi connectivity index (χ3n) is 2.79. The van der Waals surface area contributed by atoms with Gasteiger partial charge in [0.15, 0.2) is 9.84 Å². The summed E-state index contributed by atoms with van der Waals surface area (Å²) in [6, 6.07) is 11.1. The molecule has 1 aromatic carbocycles. The smallest absolute Gasteiger partial charge is 0.175 e. The first-order valence-electron chi connectivity index (χ1n) is 5.64. The number of hydrogen-bond acceptors (Lipinski definition) is 4. The van der Waals surface area contributed by atoms with E-state index >= 15 is 0 Å². The monoisotopic (exact) mass is 359 g/mol. The van der Waals surface area contributed by atoms with Crippen LogP contribution in [0, 0.1) is 0 Å². The third kappa shape index (κ3) is 3.45. The van der Waals surface area contributed by atoms with Crippen LogP contribution in [0.1, 0.15) is 16.5 Å². The molecule has 0 fully saturated rings. The lowest BCUT2D eigenvalue weighted by Gasteiger charge is -2.15. The van der Waals surface area contributed by atoms with E-state index < -0.39 is 9.84 Å². The van der Waals surface area contributed by atoms with Gasteiger partial charge in [0.25, 0.3) is 0 Å². The van der Waals surface area contributed by atoms with E-state index in [9.17, 15) is 8.42 Å². The maximum absolute atomic E-state index is 11.6. The van der Waals surface area contributed by atoms with Gasteiger partial charge in [-0.3, -0.25) is 0 Å². The van der Waals surface area contributed by atoms with E-state index in [1.807, 2.05) is 25.2 Å². The topological polar surface area (TPSA) is 46.2 Å². The molecule has 102 valence electrons. The lowest BCUT2D eigenvalue weighted by atomic mass is 10.1. The number of benzene rings is 1. The van der Waals surface area contributed by atoms with Crippen molar-refractivity contribution in [2.24, 2.45) is 0 Å². The molecule has 1 unspecified atom stereocenters. The van der Waals surface area contributed by atoms with E-state index in [1.165, 1.54) is 6.26 Å². The van der Waals surface area contributed by atoms with Crippen LogP contribution in [0.3, 0.4) is 0 Å². The fourth-order valence-electron chi connectivity index (χ4n) is 1.88. The quantitative estimate of drug-likeness (QED) is 0.911. The van der Waals surface area contributed by atoms with Crippen molar-refractivity contribution in [1.82, 2.24) is 5.32 Å². The zero-order chi connectivity index (χ0) is 14.0. The van der Waals surface area contributed by atoms with Crippen molar-refractivity contribution in [1.29, 1.82) is 0 Å². The zero-order valence-electron chi connectivity index (χ0n) is 10.6. The first kappa shape index (κ1) is 14.7. The highest BCUT2D eigenvalue weighted by Crippen LogP contribution is 2.31. The second kappa shape index (κ2) is 5.75. The highest BCUT2D eigenvalue weighted by Gasteiger charge is 2.16. The molecule has 1 heterocycles. The molecule has 3 nitrogen and oxygen atoms in total. The molecule has 0 spiro atoms. The summed E-state index contributed by atoms with van der Waals surface area (Å²) >= 11 is 5.08. The largest absolute Gasteiger partial charge is 0.309 e. The highest BCUT2D eigenvalue weighted by atomic mass is 79.9. The van der Waals surface area contributed by atoms with Crippen LogP contribution >= 0.6 is 27.3 Å². The molecule has 1 N–H and O–H groups in total. The number of hydrogen-bond donors (Lipinski definition) is 1. The van der Waals surface area contributed by atoms with Crippen molar-refractivity contribution in [2.45, 2.75) is 10.9 Å². The van der Waals surface area contributed by atoms with Gasteiger partial charge in [0.05, 0.1) is 14.7 Å². The molecule has 0 aliphatic heterocycles. The van der Waals surface area contributed by atoms with Crippen LogP contribution in [-0.2, 0) is 9.84 Å². The maximum atomic E-state index is 11.6. The molecule has 0 saturated heterocycles.